The molecule has 0 atom stereocenters. The number of benzene rings is 6. The first kappa shape index (κ1) is 48.5. The fraction of sp³-hybridized carbons (Fsp3) is 0.227. The van der Waals surface area contributed by atoms with Crippen LogP contribution in [0.3, 0.4) is 0 Å². The minimum Gasteiger partial charge on any atom is -0.505 e. The molecule has 0 bridgehead atoms. The number of phenols is 2. The van der Waals surface area contributed by atoms with Crippen LogP contribution in [0.25, 0.3) is 44.1 Å². The number of hydrogen-bond acceptors (Lipinski definition) is 15. The van der Waals surface area contributed by atoms with E-state index in [1.165, 1.54) is 26.0 Å². The minimum atomic E-state index is -3.62. The Labute approximate surface area is 374 Å². The third-order valence-corrected chi connectivity index (χ3v) is 10.7. The molecular weight excluding hydrogens is 881 g/mol. The molecule has 0 radical (unpaired) electrons. The summed E-state index contributed by atoms with van der Waals surface area (Å²) >= 11 is 0. The maximum Gasteiger partial charge on any atom is 0.229 e. The van der Waals surface area contributed by atoms with Gasteiger partial charge >= 0.3 is 0 Å². The third kappa shape index (κ3) is 11.7. The van der Waals surface area contributed by atoms with E-state index in [1.807, 2.05) is 38.9 Å². The second-order valence-electron chi connectivity index (χ2n) is 14.8. The SMILES string of the molecule is CC(=O)Nc1c2oc3cc(N(C)C)ccc3nc-2c2c(NS(C)(=O)=O)cccc2c1=O.CC(=O)Nc1ccc2c(NS(C)(=O)=O)cccc2c1O.CCN(CC)c1ccc(N=O)c(O)c1. The molecule has 342 valence electrons. The Morgan fingerprint density at radius 1 is 0.738 bits per heavy atom. The molecule has 65 heavy (non-hydrogen) atoms. The summed E-state index contributed by atoms with van der Waals surface area (Å²) < 4.78 is 57.3. The van der Waals surface area contributed by atoms with Crippen LogP contribution in [0.2, 0.25) is 0 Å². The highest BCUT2D eigenvalue weighted by Crippen LogP contribution is 2.40. The van der Waals surface area contributed by atoms with Gasteiger partial charge in [0.25, 0.3) is 0 Å². The first-order chi connectivity index (χ1) is 30.5. The summed E-state index contributed by atoms with van der Waals surface area (Å²) in [6, 6.07) is 22.9. The zero-order valence-corrected chi connectivity index (χ0v) is 38.3. The van der Waals surface area contributed by atoms with E-state index in [0.29, 0.717) is 32.9 Å². The van der Waals surface area contributed by atoms with Gasteiger partial charge in [-0.3, -0.25) is 23.8 Å². The second-order valence-corrected chi connectivity index (χ2v) is 18.3. The lowest BCUT2D eigenvalue weighted by Crippen LogP contribution is -2.21. The molecule has 0 spiro atoms. The van der Waals surface area contributed by atoms with Crippen LogP contribution in [0, 0.1) is 4.91 Å². The normalized spacial score (nSPS) is 11.2. The van der Waals surface area contributed by atoms with E-state index < -0.39 is 31.4 Å². The molecule has 7 rings (SSSR count). The van der Waals surface area contributed by atoms with Crippen LogP contribution in [-0.4, -0.2) is 83.5 Å². The van der Waals surface area contributed by atoms with Gasteiger partial charge in [0.15, 0.2) is 11.3 Å². The van der Waals surface area contributed by atoms with E-state index in [0.717, 1.165) is 37.0 Å². The maximum atomic E-state index is 13.2. The van der Waals surface area contributed by atoms with Crippen molar-refractivity contribution in [2.45, 2.75) is 27.7 Å². The fourth-order valence-electron chi connectivity index (χ4n) is 6.73. The largest absolute Gasteiger partial charge is 0.505 e. The molecular formula is C44H48N8O11S2. The molecule has 2 amide bonds. The molecule has 2 aliphatic rings. The van der Waals surface area contributed by atoms with Gasteiger partial charge in [0, 0.05) is 86.1 Å². The first-order valence-corrected chi connectivity index (χ1v) is 23.5. The summed E-state index contributed by atoms with van der Waals surface area (Å²) in [6.07, 6.45) is 2.07. The van der Waals surface area contributed by atoms with Crippen molar-refractivity contribution >= 4 is 104 Å². The van der Waals surface area contributed by atoms with Crippen LogP contribution < -0.4 is 35.3 Å². The van der Waals surface area contributed by atoms with E-state index in [4.69, 9.17) is 4.42 Å². The first-order valence-electron chi connectivity index (χ1n) is 19.7. The predicted octanol–water partition coefficient (Wildman–Crippen LogP) is 7.35. The van der Waals surface area contributed by atoms with Crippen molar-refractivity contribution in [3.05, 3.63) is 100 Å². The summed E-state index contributed by atoms with van der Waals surface area (Å²) in [6.45, 7) is 8.42. The van der Waals surface area contributed by atoms with Gasteiger partial charge < -0.3 is 35.1 Å². The number of carbonyl (C=O) groups excluding carboxylic acids is 2. The zero-order chi connectivity index (χ0) is 48.0. The number of nitrogens with one attached hydrogen (secondary N) is 4. The number of aromatic nitrogens is 1. The van der Waals surface area contributed by atoms with E-state index >= 15 is 0 Å². The van der Waals surface area contributed by atoms with Crippen LogP contribution in [0.15, 0.2) is 99.3 Å². The van der Waals surface area contributed by atoms with Gasteiger partial charge in [0.1, 0.15) is 34.1 Å². The molecule has 1 heterocycles. The van der Waals surface area contributed by atoms with Crippen LogP contribution in [-0.2, 0) is 29.6 Å². The Hall–Kier alpha value is -7.52. The highest BCUT2D eigenvalue weighted by atomic mass is 32.2. The molecule has 0 aromatic heterocycles. The second kappa shape index (κ2) is 19.9. The van der Waals surface area contributed by atoms with Gasteiger partial charge in [-0.2, -0.15) is 0 Å². The number of amides is 2. The highest BCUT2D eigenvalue weighted by molar-refractivity contribution is 7.92. The predicted molar refractivity (Wildman–Crippen MR) is 257 cm³/mol. The average Bonchev–Trinajstić information content (AvgIpc) is 3.22. The molecule has 1 aliphatic carbocycles. The van der Waals surface area contributed by atoms with Gasteiger partial charge in [-0.25, -0.2) is 21.8 Å². The highest BCUT2D eigenvalue weighted by Gasteiger charge is 2.26. The standard InChI is InChI=1S/C21H20N4O5S.C13H14N2O4S.C10H14N2O2/c1-11(26)22-19-20(27)13-6-5-7-15(24-31(4,28)29)17(13)18-21(19)30-16-10-12(25(2)3)8-9-14(16)23-18;1-8(16)14-12-7-6-9-10(13(12)17)4-3-5-11(9)15-20(2,18)19;1-3-12(4-2)8-5-6-9(11-14)10(13)7-8/h5-10,24H,1-4H3,(H,22,26);3-7,15,17H,1-2H3,(H,14,16);5-7,13H,3-4H2,1-2H3. The molecule has 6 N–H and O–H groups in total. The van der Waals surface area contributed by atoms with E-state index in [-0.39, 0.29) is 57.0 Å². The molecule has 0 saturated heterocycles. The number of fused-ring (bicyclic) bond motifs is 5. The molecule has 5 aromatic carbocycles. The lowest BCUT2D eigenvalue weighted by atomic mass is 10.0. The van der Waals surface area contributed by atoms with E-state index in [9.17, 15) is 46.3 Å². The Bertz CT molecular complexity index is 3210. The van der Waals surface area contributed by atoms with E-state index in [1.54, 1.807) is 66.7 Å². The Morgan fingerprint density at radius 3 is 1.91 bits per heavy atom. The van der Waals surface area contributed by atoms with Crippen molar-refractivity contribution in [2.75, 3.05) is 69.6 Å². The van der Waals surface area contributed by atoms with Gasteiger partial charge in [0.2, 0.25) is 37.3 Å². The van der Waals surface area contributed by atoms with Gasteiger partial charge in [-0.1, -0.05) is 24.3 Å². The molecule has 5 aromatic rings. The fourth-order valence-corrected chi connectivity index (χ4v) is 7.87. The smallest absolute Gasteiger partial charge is 0.229 e. The topological polar surface area (TPSA) is 270 Å². The van der Waals surface area contributed by atoms with E-state index in [2.05, 4.69) is 35.1 Å². The monoisotopic (exact) mass is 928 g/mol. The zero-order valence-electron chi connectivity index (χ0n) is 36.7. The molecule has 0 unspecified atom stereocenters. The number of nitroso groups, excluding NO2 is 1. The minimum absolute atomic E-state index is 0.0452. The van der Waals surface area contributed by atoms with Gasteiger partial charge in [0.05, 0.1) is 29.6 Å². The van der Waals surface area contributed by atoms with Gasteiger partial charge in [-0.05, 0) is 67.6 Å². The molecule has 0 fully saturated rings. The van der Waals surface area contributed by atoms with Crippen molar-refractivity contribution in [2.24, 2.45) is 5.18 Å². The summed E-state index contributed by atoms with van der Waals surface area (Å²) in [5.41, 5.74) is 3.34. The Kier molecular flexibility index (Phi) is 14.8. The summed E-state index contributed by atoms with van der Waals surface area (Å²) in [7, 11) is -3.28. The van der Waals surface area contributed by atoms with Crippen molar-refractivity contribution in [1.82, 2.24) is 4.98 Å². The summed E-state index contributed by atoms with van der Waals surface area (Å²) in [5, 5.41) is 28.8. The number of hydrogen-bond donors (Lipinski definition) is 6. The van der Waals surface area contributed by atoms with Crippen LogP contribution in [0.4, 0.5) is 39.8 Å². The Morgan fingerprint density at radius 2 is 1.34 bits per heavy atom. The van der Waals surface area contributed by atoms with Gasteiger partial charge in [-0.15, -0.1) is 4.91 Å². The number of phenolic OH excluding ortho intramolecular Hbond substituents is 2. The number of anilines is 6. The molecule has 21 heteroatoms. The molecule has 1 aliphatic heterocycles. The number of nitrogens with zero attached hydrogens (tertiary/aromatic N) is 4. The quantitative estimate of drug-likeness (QED) is 0.0320. The average molecular weight is 929 g/mol. The Balaban J connectivity index is 0.000000200. The number of sulfonamides is 2. The van der Waals surface area contributed by atoms with Crippen molar-refractivity contribution < 1.29 is 41.1 Å². The number of carbonyl (C=O) groups is 2. The lowest BCUT2D eigenvalue weighted by Gasteiger charge is -2.20. The summed E-state index contributed by atoms with van der Waals surface area (Å²) in [5.74, 6) is -0.844. The van der Waals surface area contributed by atoms with Crippen LogP contribution >= 0.6 is 0 Å². The maximum absolute atomic E-state index is 13.2. The molecule has 0 saturated carbocycles. The number of rotatable bonds is 11. The molecule has 19 nitrogen and oxygen atoms in total. The third-order valence-electron chi connectivity index (χ3n) is 9.54. The van der Waals surface area contributed by atoms with Crippen molar-refractivity contribution in [1.29, 1.82) is 0 Å². The van der Waals surface area contributed by atoms with Crippen LogP contribution in [0.5, 0.6) is 11.5 Å². The summed E-state index contributed by atoms with van der Waals surface area (Å²) in [4.78, 5) is 54.9. The number of aromatic hydroxyl groups is 2. The van der Waals surface area contributed by atoms with Crippen molar-refractivity contribution in [3.8, 4) is 23.0 Å². The lowest BCUT2D eigenvalue weighted by molar-refractivity contribution is -0.115. The van der Waals surface area contributed by atoms with Crippen LogP contribution in [0.1, 0.15) is 27.7 Å². The van der Waals surface area contributed by atoms with Crippen molar-refractivity contribution in [3.63, 3.8) is 0 Å².